The summed E-state index contributed by atoms with van der Waals surface area (Å²) in [4.78, 5) is 11.8. The smallest absolute Gasteiger partial charge is 0.255 e. The minimum absolute atomic E-state index is 0.137. The van der Waals surface area contributed by atoms with E-state index in [4.69, 9.17) is 16.3 Å². The molecule has 1 aromatic carbocycles. The number of benzene rings is 1. The fourth-order valence-corrected chi connectivity index (χ4v) is 1.41. The Balaban J connectivity index is 2.82. The van der Waals surface area contributed by atoms with Crippen molar-refractivity contribution in [3.63, 3.8) is 0 Å². The van der Waals surface area contributed by atoms with Crippen molar-refractivity contribution in [2.75, 3.05) is 13.7 Å². The summed E-state index contributed by atoms with van der Waals surface area (Å²) in [5.41, 5.74) is 0.507. The largest absolute Gasteiger partial charge is 0.496 e. The molecule has 0 unspecified atom stereocenters. The first-order valence-electron chi connectivity index (χ1n) is 5.16. The van der Waals surface area contributed by atoms with Crippen LogP contribution in [0.25, 0.3) is 0 Å². The molecule has 88 valence electrons. The number of rotatable bonds is 4. The molecule has 0 fully saturated rings. The van der Waals surface area contributed by atoms with Crippen LogP contribution in [0.5, 0.6) is 5.75 Å². The van der Waals surface area contributed by atoms with Gasteiger partial charge in [-0.2, -0.15) is 0 Å². The Hall–Kier alpha value is -1.22. The first-order valence-corrected chi connectivity index (χ1v) is 5.54. The van der Waals surface area contributed by atoms with Gasteiger partial charge in [-0.05, 0) is 24.1 Å². The van der Waals surface area contributed by atoms with Crippen molar-refractivity contribution in [2.24, 2.45) is 5.92 Å². The number of carbonyl (C=O) groups is 1. The summed E-state index contributed by atoms with van der Waals surface area (Å²) in [6.07, 6.45) is 0. The third kappa shape index (κ3) is 3.42. The van der Waals surface area contributed by atoms with Gasteiger partial charge in [-0.25, -0.2) is 0 Å². The number of methoxy groups -OCH3 is 1. The normalized spacial score (nSPS) is 10.3. The summed E-state index contributed by atoms with van der Waals surface area (Å²) in [6, 6.07) is 4.97. The molecule has 0 spiro atoms. The van der Waals surface area contributed by atoms with Gasteiger partial charge in [0.2, 0.25) is 0 Å². The molecule has 1 N–H and O–H groups in total. The van der Waals surface area contributed by atoms with E-state index in [1.807, 2.05) is 13.8 Å². The van der Waals surface area contributed by atoms with Crippen LogP contribution in [0, 0.1) is 5.92 Å². The Morgan fingerprint density at radius 2 is 2.19 bits per heavy atom. The van der Waals surface area contributed by atoms with Crippen LogP contribution in [0.2, 0.25) is 5.02 Å². The number of hydrogen-bond donors (Lipinski definition) is 1. The van der Waals surface area contributed by atoms with Crippen molar-refractivity contribution in [3.8, 4) is 5.75 Å². The van der Waals surface area contributed by atoms with Gasteiger partial charge in [0.15, 0.2) is 0 Å². The van der Waals surface area contributed by atoms with Gasteiger partial charge >= 0.3 is 0 Å². The molecule has 0 radical (unpaired) electrons. The van der Waals surface area contributed by atoms with Crippen molar-refractivity contribution in [2.45, 2.75) is 13.8 Å². The summed E-state index contributed by atoms with van der Waals surface area (Å²) in [6.45, 7) is 4.73. The van der Waals surface area contributed by atoms with Crippen LogP contribution in [-0.4, -0.2) is 19.6 Å². The van der Waals surface area contributed by atoms with Crippen molar-refractivity contribution in [1.29, 1.82) is 0 Å². The summed E-state index contributed by atoms with van der Waals surface area (Å²) in [5, 5.41) is 3.38. The lowest BCUT2D eigenvalue weighted by Crippen LogP contribution is -2.27. The zero-order valence-corrected chi connectivity index (χ0v) is 10.5. The van der Waals surface area contributed by atoms with E-state index in [0.717, 1.165) is 0 Å². The van der Waals surface area contributed by atoms with E-state index >= 15 is 0 Å². The Bertz CT molecular complexity index is 377. The predicted octanol–water partition coefficient (Wildman–Crippen LogP) is 2.73. The standard InChI is InChI=1S/C12H16ClNO2/c1-8(2)7-14-12(15)10-5-4-9(13)6-11(10)16-3/h4-6,8H,7H2,1-3H3,(H,14,15). The van der Waals surface area contributed by atoms with E-state index in [1.54, 1.807) is 18.2 Å². The van der Waals surface area contributed by atoms with E-state index < -0.39 is 0 Å². The first-order chi connectivity index (χ1) is 7.54. The van der Waals surface area contributed by atoms with Gasteiger partial charge in [0.05, 0.1) is 12.7 Å². The fraction of sp³-hybridized carbons (Fsp3) is 0.417. The van der Waals surface area contributed by atoms with Crippen molar-refractivity contribution < 1.29 is 9.53 Å². The molecule has 0 bridgehead atoms. The van der Waals surface area contributed by atoms with Crippen LogP contribution in [0.3, 0.4) is 0 Å². The zero-order chi connectivity index (χ0) is 12.1. The fourth-order valence-electron chi connectivity index (χ4n) is 1.24. The van der Waals surface area contributed by atoms with Gasteiger partial charge < -0.3 is 10.1 Å². The van der Waals surface area contributed by atoms with Gasteiger partial charge in [0, 0.05) is 11.6 Å². The SMILES string of the molecule is COc1cc(Cl)ccc1C(=O)NCC(C)C. The number of hydrogen-bond acceptors (Lipinski definition) is 2. The minimum Gasteiger partial charge on any atom is -0.496 e. The highest BCUT2D eigenvalue weighted by atomic mass is 35.5. The Kier molecular flexibility index (Phi) is 4.62. The Morgan fingerprint density at radius 3 is 2.75 bits per heavy atom. The molecule has 0 aliphatic carbocycles. The average molecular weight is 242 g/mol. The second-order valence-electron chi connectivity index (χ2n) is 3.95. The first kappa shape index (κ1) is 12.8. The molecule has 0 aromatic heterocycles. The lowest BCUT2D eigenvalue weighted by Gasteiger charge is -2.10. The molecule has 1 amide bonds. The number of nitrogens with one attached hydrogen (secondary N) is 1. The predicted molar refractivity (Wildman–Crippen MR) is 65.2 cm³/mol. The molecular weight excluding hydrogens is 226 g/mol. The average Bonchev–Trinajstić information content (AvgIpc) is 2.25. The minimum atomic E-state index is -0.137. The van der Waals surface area contributed by atoms with E-state index in [1.165, 1.54) is 7.11 Å². The maximum Gasteiger partial charge on any atom is 0.255 e. The lowest BCUT2D eigenvalue weighted by molar-refractivity contribution is 0.0946. The van der Waals surface area contributed by atoms with Gasteiger partial charge in [0.1, 0.15) is 5.75 Å². The second kappa shape index (κ2) is 5.75. The highest BCUT2D eigenvalue weighted by Crippen LogP contribution is 2.22. The molecule has 4 heteroatoms. The Morgan fingerprint density at radius 1 is 1.50 bits per heavy atom. The van der Waals surface area contributed by atoms with E-state index in [9.17, 15) is 4.79 Å². The van der Waals surface area contributed by atoms with Crippen molar-refractivity contribution >= 4 is 17.5 Å². The maximum atomic E-state index is 11.8. The zero-order valence-electron chi connectivity index (χ0n) is 9.71. The van der Waals surface area contributed by atoms with Crippen LogP contribution in [0.1, 0.15) is 24.2 Å². The molecule has 1 aromatic rings. The number of halogens is 1. The van der Waals surface area contributed by atoms with Crippen LogP contribution in [0.4, 0.5) is 0 Å². The van der Waals surface area contributed by atoms with Crippen LogP contribution in [-0.2, 0) is 0 Å². The molecule has 0 saturated carbocycles. The van der Waals surface area contributed by atoms with Crippen molar-refractivity contribution in [3.05, 3.63) is 28.8 Å². The topological polar surface area (TPSA) is 38.3 Å². The van der Waals surface area contributed by atoms with Gasteiger partial charge in [-0.1, -0.05) is 25.4 Å². The third-order valence-corrected chi connectivity index (χ3v) is 2.31. The third-order valence-electron chi connectivity index (χ3n) is 2.08. The quantitative estimate of drug-likeness (QED) is 0.880. The second-order valence-corrected chi connectivity index (χ2v) is 4.38. The molecule has 0 atom stereocenters. The molecule has 1 rings (SSSR count). The van der Waals surface area contributed by atoms with E-state index in [2.05, 4.69) is 5.32 Å². The van der Waals surface area contributed by atoms with Crippen molar-refractivity contribution in [1.82, 2.24) is 5.32 Å². The van der Waals surface area contributed by atoms with Gasteiger partial charge in [-0.15, -0.1) is 0 Å². The van der Waals surface area contributed by atoms with Crippen LogP contribution >= 0.6 is 11.6 Å². The maximum absolute atomic E-state index is 11.8. The lowest BCUT2D eigenvalue weighted by atomic mass is 10.1. The highest BCUT2D eigenvalue weighted by Gasteiger charge is 2.12. The summed E-state index contributed by atoms with van der Waals surface area (Å²) >= 11 is 5.82. The van der Waals surface area contributed by atoms with E-state index in [0.29, 0.717) is 28.8 Å². The number of carbonyl (C=O) groups excluding carboxylic acids is 1. The van der Waals surface area contributed by atoms with Crippen LogP contribution < -0.4 is 10.1 Å². The summed E-state index contributed by atoms with van der Waals surface area (Å²) in [7, 11) is 1.52. The molecule has 0 aliphatic rings. The Labute approximate surface area is 101 Å². The molecule has 0 saturated heterocycles. The van der Waals surface area contributed by atoms with E-state index in [-0.39, 0.29) is 5.91 Å². The summed E-state index contributed by atoms with van der Waals surface area (Å²) in [5.74, 6) is 0.776. The monoisotopic (exact) mass is 241 g/mol. The molecule has 3 nitrogen and oxygen atoms in total. The number of amides is 1. The number of ether oxygens (including phenoxy) is 1. The summed E-state index contributed by atoms with van der Waals surface area (Å²) < 4.78 is 5.11. The molecule has 16 heavy (non-hydrogen) atoms. The van der Waals surface area contributed by atoms with Gasteiger partial charge in [0.25, 0.3) is 5.91 Å². The van der Waals surface area contributed by atoms with Gasteiger partial charge in [-0.3, -0.25) is 4.79 Å². The molecule has 0 aliphatic heterocycles. The molecular formula is C12H16ClNO2. The highest BCUT2D eigenvalue weighted by molar-refractivity contribution is 6.30. The van der Waals surface area contributed by atoms with Crippen LogP contribution in [0.15, 0.2) is 18.2 Å². The molecule has 0 heterocycles.